The van der Waals surface area contributed by atoms with Crippen LogP contribution in [0.5, 0.6) is 0 Å². The highest BCUT2D eigenvalue weighted by atomic mass is 16.6. The van der Waals surface area contributed by atoms with Crippen molar-refractivity contribution in [3.63, 3.8) is 0 Å². The number of hydrogen-bond donors (Lipinski definition) is 0. The SMILES string of the molecule is CC(=O)N1Cc2ccccc2C2(CCN(CC3CCN(C(=O)OC4CCOC4)CC3)CC2)C1. The summed E-state index contributed by atoms with van der Waals surface area (Å²) in [7, 11) is 0. The molecule has 0 saturated carbocycles. The number of likely N-dealkylation sites (tertiary alicyclic amines) is 2. The first-order valence-corrected chi connectivity index (χ1v) is 12.6. The Morgan fingerprint density at radius 1 is 1.06 bits per heavy atom. The van der Waals surface area contributed by atoms with Gasteiger partial charge in [0.15, 0.2) is 0 Å². The number of ether oxygens (including phenoxy) is 2. The molecule has 1 aromatic carbocycles. The van der Waals surface area contributed by atoms with Crippen LogP contribution in [-0.2, 0) is 26.2 Å². The van der Waals surface area contributed by atoms with Gasteiger partial charge < -0.3 is 24.2 Å². The Morgan fingerprint density at radius 2 is 1.82 bits per heavy atom. The molecule has 0 aromatic heterocycles. The largest absolute Gasteiger partial charge is 0.444 e. The first-order chi connectivity index (χ1) is 16.0. The topological polar surface area (TPSA) is 62.3 Å². The van der Waals surface area contributed by atoms with Crippen LogP contribution in [0.3, 0.4) is 0 Å². The smallest absolute Gasteiger partial charge is 0.410 e. The second-order valence-electron chi connectivity index (χ2n) is 10.4. The summed E-state index contributed by atoms with van der Waals surface area (Å²) in [5.74, 6) is 0.808. The fourth-order valence-electron chi connectivity index (χ4n) is 6.19. The lowest BCUT2D eigenvalue weighted by molar-refractivity contribution is -0.131. The quantitative estimate of drug-likeness (QED) is 0.701. The fraction of sp³-hybridized carbons (Fsp3) is 0.692. The minimum absolute atomic E-state index is 0.0697. The lowest BCUT2D eigenvalue weighted by Gasteiger charge is -2.49. The highest BCUT2D eigenvalue weighted by molar-refractivity contribution is 5.74. The van der Waals surface area contributed by atoms with Crippen LogP contribution in [0.25, 0.3) is 0 Å². The average molecular weight is 456 g/mol. The van der Waals surface area contributed by atoms with Gasteiger partial charge in [-0.25, -0.2) is 4.79 Å². The molecule has 180 valence electrons. The van der Waals surface area contributed by atoms with Crippen LogP contribution in [0.2, 0.25) is 0 Å². The number of nitrogens with zero attached hydrogens (tertiary/aromatic N) is 3. The van der Waals surface area contributed by atoms with Crippen LogP contribution in [0.1, 0.15) is 50.2 Å². The van der Waals surface area contributed by atoms with Crippen LogP contribution in [0.4, 0.5) is 4.79 Å². The highest BCUT2D eigenvalue weighted by Crippen LogP contribution is 2.42. The maximum atomic E-state index is 12.4. The molecule has 3 fully saturated rings. The van der Waals surface area contributed by atoms with E-state index >= 15 is 0 Å². The number of benzene rings is 1. The Hall–Kier alpha value is -2.12. The van der Waals surface area contributed by atoms with Gasteiger partial charge in [0.1, 0.15) is 6.10 Å². The molecule has 3 saturated heterocycles. The van der Waals surface area contributed by atoms with E-state index in [9.17, 15) is 9.59 Å². The van der Waals surface area contributed by atoms with E-state index in [1.54, 1.807) is 6.92 Å². The van der Waals surface area contributed by atoms with Crippen LogP contribution in [0.15, 0.2) is 24.3 Å². The summed E-state index contributed by atoms with van der Waals surface area (Å²) in [6, 6.07) is 8.72. The van der Waals surface area contributed by atoms with Crippen molar-refractivity contribution in [2.75, 3.05) is 52.5 Å². The summed E-state index contributed by atoms with van der Waals surface area (Å²) in [5.41, 5.74) is 2.87. The highest BCUT2D eigenvalue weighted by Gasteiger charge is 2.42. The number of amides is 2. The van der Waals surface area contributed by atoms with Crippen LogP contribution in [0, 0.1) is 5.92 Å². The van der Waals surface area contributed by atoms with E-state index in [0.29, 0.717) is 19.1 Å². The summed E-state index contributed by atoms with van der Waals surface area (Å²) in [5, 5.41) is 0. The van der Waals surface area contributed by atoms with Crippen molar-refractivity contribution in [2.24, 2.45) is 5.92 Å². The number of rotatable bonds is 3. The molecule has 0 bridgehead atoms. The molecule has 1 unspecified atom stereocenters. The summed E-state index contributed by atoms with van der Waals surface area (Å²) < 4.78 is 10.9. The molecular formula is C26H37N3O4. The summed E-state index contributed by atoms with van der Waals surface area (Å²) >= 11 is 0. The lowest BCUT2D eigenvalue weighted by atomic mass is 9.68. The molecule has 0 aliphatic carbocycles. The number of hydrogen-bond acceptors (Lipinski definition) is 5. The van der Waals surface area contributed by atoms with Crippen molar-refractivity contribution in [3.05, 3.63) is 35.4 Å². The second-order valence-corrected chi connectivity index (χ2v) is 10.4. The maximum Gasteiger partial charge on any atom is 0.410 e. The van der Waals surface area contributed by atoms with Crippen molar-refractivity contribution in [1.82, 2.24) is 14.7 Å². The Kier molecular flexibility index (Phi) is 6.61. The summed E-state index contributed by atoms with van der Waals surface area (Å²) in [6.45, 7) is 9.34. The van der Waals surface area contributed by atoms with Gasteiger partial charge in [-0.3, -0.25) is 4.79 Å². The van der Waals surface area contributed by atoms with E-state index in [-0.39, 0.29) is 23.5 Å². The molecule has 1 aromatic rings. The van der Waals surface area contributed by atoms with Gasteiger partial charge in [-0.2, -0.15) is 0 Å². The van der Waals surface area contributed by atoms with E-state index < -0.39 is 0 Å². The number of piperidine rings is 2. The zero-order valence-electron chi connectivity index (χ0n) is 19.8. The van der Waals surface area contributed by atoms with Crippen molar-refractivity contribution in [3.8, 4) is 0 Å². The van der Waals surface area contributed by atoms with E-state index in [2.05, 4.69) is 29.2 Å². The standard InChI is InChI=1S/C26H37N3O4/c1-20(30)29-17-22-4-2-3-5-24(22)26(19-29)9-13-27(14-10-26)16-21-6-11-28(12-7-21)25(31)33-23-8-15-32-18-23/h2-5,21,23H,6-19H2,1H3. The minimum atomic E-state index is -0.171. The van der Waals surface area contributed by atoms with Crippen LogP contribution >= 0.6 is 0 Å². The van der Waals surface area contributed by atoms with Crippen molar-refractivity contribution in [1.29, 1.82) is 0 Å². The molecule has 7 heteroatoms. The summed E-state index contributed by atoms with van der Waals surface area (Å²) in [4.78, 5) is 31.1. The van der Waals surface area contributed by atoms with E-state index in [4.69, 9.17) is 9.47 Å². The van der Waals surface area contributed by atoms with Gasteiger partial charge in [-0.1, -0.05) is 24.3 Å². The third-order valence-corrected chi connectivity index (χ3v) is 8.25. The molecule has 4 aliphatic rings. The molecule has 0 N–H and O–H groups in total. The summed E-state index contributed by atoms with van der Waals surface area (Å²) in [6.07, 6.45) is 4.85. The van der Waals surface area contributed by atoms with Gasteiger partial charge in [0.2, 0.25) is 5.91 Å². The molecule has 1 atom stereocenters. The lowest BCUT2D eigenvalue weighted by Crippen LogP contribution is -2.53. The third-order valence-electron chi connectivity index (χ3n) is 8.25. The van der Waals surface area contributed by atoms with Gasteiger partial charge in [0, 0.05) is 51.5 Å². The van der Waals surface area contributed by atoms with E-state index in [1.807, 2.05) is 9.80 Å². The Labute approximate surface area is 197 Å². The van der Waals surface area contributed by atoms with Crippen LogP contribution in [-0.4, -0.2) is 85.3 Å². The van der Waals surface area contributed by atoms with Gasteiger partial charge in [-0.15, -0.1) is 0 Å². The number of fused-ring (bicyclic) bond motifs is 2. The molecule has 33 heavy (non-hydrogen) atoms. The second kappa shape index (κ2) is 9.63. The first-order valence-electron chi connectivity index (χ1n) is 12.6. The molecule has 4 aliphatic heterocycles. The molecule has 5 rings (SSSR count). The van der Waals surface area contributed by atoms with E-state index in [0.717, 1.165) is 77.9 Å². The Morgan fingerprint density at radius 3 is 2.52 bits per heavy atom. The predicted octanol–water partition coefficient (Wildman–Crippen LogP) is 3.02. The van der Waals surface area contributed by atoms with Gasteiger partial charge in [-0.05, 0) is 55.8 Å². The van der Waals surface area contributed by atoms with Gasteiger partial charge >= 0.3 is 6.09 Å². The third kappa shape index (κ3) is 4.90. The zero-order chi connectivity index (χ0) is 22.8. The molecule has 0 radical (unpaired) electrons. The zero-order valence-corrected chi connectivity index (χ0v) is 19.8. The number of carbonyl (C=O) groups excluding carboxylic acids is 2. The Balaban J connectivity index is 1.12. The predicted molar refractivity (Wildman–Crippen MR) is 125 cm³/mol. The molecule has 4 heterocycles. The normalized spacial score (nSPS) is 25.8. The first kappa shape index (κ1) is 22.7. The van der Waals surface area contributed by atoms with Gasteiger partial charge in [0.05, 0.1) is 13.2 Å². The van der Waals surface area contributed by atoms with Crippen LogP contribution < -0.4 is 0 Å². The molecule has 1 spiro atoms. The Bertz CT molecular complexity index is 853. The monoisotopic (exact) mass is 455 g/mol. The van der Waals surface area contributed by atoms with Gasteiger partial charge in [0.25, 0.3) is 0 Å². The van der Waals surface area contributed by atoms with E-state index in [1.165, 1.54) is 11.1 Å². The molecular weight excluding hydrogens is 418 g/mol. The van der Waals surface area contributed by atoms with Crippen molar-refractivity contribution in [2.45, 2.75) is 57.1 Å². The minimum Gasteiger partial charge on any atom is -0.444 e. The van der Waals surface area contributed by atoms with Crippen molar-refractivity contribution < 1.29 is 19.1 Å². The van der Waals surface area contributed by atoms with Crippen molar-refractivity contribution >= 4 is 12.0 Å². The molecule has 7 nitrogen and oxygen atoms in total. The maximum absolute atomic E-state index is 12.4. The molecule has 2 amide bonds. The number of carbonyl (C=O) groups is 2. The average Bonchev–Trinajstić information content (AvgIpc) is 3.34. The fourth-order valence-corrected chi connectivity index (χ4v) is 6.19.